The van der Waals surface area contributed by atoms with Crippen molar-refractivity contribution in [2.75, 3.05) is 25.6 Å². The van der Waals surface area contributed by atoms with Gasteiger partial charge in [0.2, 0.25) is 0 Å². The van der Waals surface area contributed by atoms with Crippen molar-refractivity contribution in [2.24, 2.45) is 34.5 Å². The number of fused-ring (bicyclic) bond motifs is 2. The van der Waals surface area contributed by atoms with E-state index in [0.717, 1.165) is 53.0 Å². The molecule has 2 saturated carbocycles. The zero-order chi connectivity index (χ0) is 42.8. The molecule has 4 aliphatic rings. The summed E-state index contributed by atoms with van der Waals surface area (Å²) in [6.45, 7) is 12.6. The van der Waals surface area contributed by atoms with Crippen molar-refractivity contribution in [3.05, 3.63) is 70.8 Å². The van der Waals surface area contributed by atoms with Crippen molar-refractivity contribution in [2.45, 2.75) is 121 Å². The van der Waals surface area contributed by atoms with E-state index < -0.39 is 0 Å². The van der Waals surface area contributed by atoms with Crippen LogP contribution in [0.4, 0.5) is 0 Å². The molecule has 10 atom stereocenters. The molecule has 6 rings (SSSR count). The lowest BCUT2D eigenvalue weighted by Gasteiger charge is -2.31. The van der Waals surface area contributed by atoms with Crippen LogP contribution in [0.15, 0.2) is 48.5 Å². The lowest BCUT2D eigenvalue weighted by atomic mass is 9.72. The fraction of sp³-hybridized carbons (Fsp3) is 0.617. The van der Waals surface area contributed by atoms with Crippen LogP contribution in [0, 0.1) is 34.5 Å². The minimum absolute atomic E-state index is 0.0347. The lowest BCUT2D eigenvalue weighted by molar-refractivity contribution is -0.134. The van der Waals surface area contributed by atoms with Gasteiger partial charge in [0, 0.05) is 47.0 Å². The summed E-state index contributed by atoms with van der Waals surface area (Å²) in [6, 6.07) is 15.7. The lowest BCUT2D eigenvalue weighted by Crippen LogP contribution is -2.50. The molecule has 2 aromatic rings. The van der Waals surface area contributed by atoms with Crippen molar-refractivity contribution in [3.8, 4) is 0 Å². The average Bonchev–Trinajstić information content (AvgIpc) is 3.51. The Morgan fingerprint density at radius 2 is 0.983 bits per heavy atom. The third-order valence-electron chi connectivity index (χ3n) is 13.7. The van der Waals surface area contributed by atoms with E-state index in [4.69, 9.17) is 24.4 Å². The predicted molar refractivity (Wildman–Crippen MR) is 252 cm³/mol. The van der Waals surface area contributed by atoms with Crippen molar-refractivity contribution in [3.63, 3.8) is 0 Å². The second-order valence-corrected chi connectivity index (χ2v) is 22.4. The molecule has 2 unspecified atom stereocenters. The molecule has 2 aromatic carbocycles. The second-order valence-electron chi connectivity index (χ2n) is 18.8. The maximum absolute atomic E-state index is 14.1. The molecule has 12 heteroatoms. The Bertz CT molecular complexity index is 1760. The largest absolute Gasteiger partial charge is 0.369 e. The Morgan fingerprint density at radius 3 is 1.32 bits per heavy atom. The van der Waals surface area contributed by atoms with Crippen LogP contribution in [0.25, 0.3) is 0 Å². The van der Waals surface area contributed by atoms with Gasteiger partial charge in [0.05, 0.1) is 34.1 Å². The molecule has 4 fully saturated rings. The van der Waals surface area contributed by atoms with Gasteiger partial charge in [-0.15, -0.1) is 0 Å². The van der Waals surface area contributed by atoms with Gasteiger partial charge < -0.3 is 21.3 Å². The number of carbonyl (C=O) groups is 4. The number of hydrogen-bond donors (Lipinski definition) is 4. The van der Waals surface area contributed by atoms with Crippen LogP contribution in [-0.2, 0) is 38.4 Å². The van der Waals surface area contributed by atoms with Crippen LogP contribution in [0.2, 0.25) is 0 Å². The minimum Gasteiger partial charge on any atom is -0.369 e. The summed E-state index contributed by atoms with van der Waals surface area (Å²) in [4.78, 5) is 57.8. The van der Waals surface area contributed by atoms with Crippen molar-refractivity contribution in [1.82, 2.24) is 21.3 Å². The molecule has 320 valence electrons. The molecule has 0 radical (unpaired) electrons. The third kappa shape index (κ3) is 10.4. The maximum atomic E-state index is 14.1. The van der Waals surface area contributed by atoms with E-state index in [0.29, 0.717) is 35.7 Å². The van der Waals surface area contributed by atoms with E-state index in [1.54, 1.807) is 0 Å². The van der Waals surface area contributed by atoms with Gasteiger partial charge in [0.15, 0.2) is 11.6 Å². The topological polar surface area (TPSA) is 116 Å². The molecule has 8 nitrogen and oxygen atoms in total. The number of benzene rings is 2. The highest BCUT2D eigenvalue weighted by Crippen LogP contribution is 2.55. The first-order valence-electron chi connectivity index (χ1n) is 21.4. The van der Waals surface area contributed by atoms with Crippen molar-refractivity contribution in [1.29, 1.82) is 0 Å². The summed E-state index contributed by atoms with van der Waals surface area (Å²) < 4.78 is 0. The third-order valence-corrected chi connectivity index (χ3v) is 17.3. The number of carbonyl (C=O) groups excluding carboxylic acids is 4. The standard InChI is InChI=1S/C47H64N4O4S4/c1-26(48-7)44(56)50-32-17-19-58-36-24-46(3,4)40(38(36)42(32)54)34(52)22-30-13-9-28(10-14-30)21-29-11-15-31(16-12-29)23-35(53)41-39-37(25-47(41,5)6)59-20-18-33(43(39)55)51-45(57)27(2)49-8/h9-16,26-27,32-33,36-41,48-49H,17-25H2,1-8H3,(H,50,56)(H,51,57)/t26-,27-,32-,33-,36-,37-,38?,39?,40-,41-/m0/s1. The quantitative estimate of drug-likeness (QED) is 0.151. The molecule has 0 spiro atoms. The summed E-state index contributed by atoms with van der Waals surface area (Å²) in [7, 11) is 3.71. The highest BCUT2D eigenvalue weighted by atomic mass is 32.2. The fourth-order valence-corrected chi connectivity index (χ4v) is 14.2. The first kappa shape index (κ1) is 46.0. The summed E-state index contributed by atoms with van der Waals surface area (Å²) in [5.41, 5.74) is 3.65. The first-order chi connectivity index (χ1) is 27.9. The van der Waals surface area contributed by atoms with Crippen LogP contribution in [0.1, 0.15) is 89.5 Å². The predicted octanol–water partition coefficient (Wildman–Crippen LogP) is 6.76. The Balaban J connectivity index is 1.07. The van der Waals surface area contributed by atoms with Crippen LogP contribution in [0.3, 0.4) is 0 Å². The van der Waals surface area contributed by atoms with Gasteiger partial charge in [0.25, 0.3) is 0 Å². The molecule has 4 N–H and O–H groups in total. The van der Waals surface area contributed by atoms with Crippen LogP contribution in [-0.4, -0.2) is 93.4 Å². The van der Waals surface area contributed by atoms with E-state index in [-0.39, 0.29) is 92.3 Å². The minimum atomic E-state index is -0.370. The number of nitrogens with one attached hydrogen (secondary N) is 4. The summed E-state index contributed by atoms with van der Waals surface area (Å²) in [6.07, 6.45) is 4.45. The summed E-state index contributed by atoms with van der Waals surface area (Å²) in [5.74, 6) is 0.957. The second kappa shape index (κ2) is 19.3. The maximum Gasteiger partial charge on any atom is 0.159 e. The Kier molecular flexibility index (Phi) is 15.0. The van der Waals surface area contributed by atoms with E-state index in [9.17, 15) is 19.2 Å². The normalized spacial score (nSPS) is 29.6. The first-order valence-corrected chi connectivity index (χ1v) is 24.3. The molecule has 2 aliphatic heterocycles. The van der Waals surface area contributed by atoms with Crippen LogP contribution >= 0.6 is 48.0 Å². The van der Waals surface area contributed by atoms with Crippen LogP contribution < -0.4 is 21.3 Å². The number of Topliss-reactive ketones (excluding diaryl/α,β-unsaturated/α-hetero) is 4. The number of thiocarbonyl (C=S) groups is 2. The number of rotatable bonds is 14. The van der Waals surface area contributed by atoms with E-state index in [1.165, 1.54) is 0 Å². The summed E-state index contributed by atoms with van der Waals surface area (Å²) >= 11 is 14.9. The highest BCUT2D eigenvalue weighted by Gasteiger charge is 2.57. The summed E-state index contributed by atoms with van der Waals surface area (Å²) in [5, 5.41) is 13.3. The van der Waals surface area contributed by atoms with Gasteiger partial charge >= 0.3 is 0 Å². The zero-order valence-corrected chi connectivity index (χ0v) is 39.3. The van der Waals surface area contributed by atoms with Gasteiger partial charge in [-0.05, 0) is 105 Å². The molecule has 2 saturated heterocycles. The Hall–Kier alpha value is -2.48. The Labute approximate surface area is 371 Å². The molecule has 59 heavy (non-hydrogen) atoms. The van der Waals surface area contributed by atoms with Gasteiger partial charge in [-0.2, -0.15) is 23.5 Å². The molecule has 2 aliphatic carbocycles. The fourth-order valence-electron chi connectivity index (χ4n) is 10.2. The van der Waals surface area contributed by atoms with E-state index in [1.807, 2.05) is 75.7 Å². The average molecular weight is 877 g/mol. The zero-order valence-electron chi connectivity index (χ0n) is 36.0. The highest BCUT2D eigenvalue weighted by molar-refractivity contribution is 8.00. The van der Waals surface area contributed by atoms with Gasteiger partial charge in [0.1, 0.15) is 11.6 Å². The monoisotopic (exact) mass is 876 g/mol. The smallest absolute Gasteiger partial charge is 0.159 e. The number of thioether (sulfide) groups is 2. The molecular formula is C47H64N4O4S4. The molecular weight excluding hydrogens is 813 g/mol. The SMILES string of the molecule is CN[C@@H](C)C(=S)N[C@H]1CCS[C@H]2CC(C)(C)[C@@H](C(=O)Cc3ccc(Cc4ccc(CC(=O)[C@H]5C6C(=O)[C@@H](NC(=S)[C@H](C)NC)CCS[C@H]6CC5(C)C)cc4)cc3)C2C1=O. The van der Waals surface area contributed by atoms with Gasteiger partial charge in [-0.1, -0.05) is 101 Å². The van der Waals surface area contributed by atoms with Crippen molar-refractivity contribution >= 4 is 81.1 Å². The van der Waals surface area contributed by atoms with Gasteiger partial charge in [-0.3, -0.25) is 19.2 Å². The molecule has 0 amide bonds. The molecule has 0 aromatic heterocycles. The van der Waals surface area contributed by atoms with Crippen LogP contribution in [0.5, 0.6) is 0 Å². The van der Waals surface area contributed by atoms with E-state index in [2.05, 4.69) is 73.2 Å². The number of ketones is 4. The number of likely N-dealkylation sites (N-methyl/N-ethyl adjacent to an activating group) is 2. The van der Waals surface area contributed by atoms with Gasteiger partial charge in [-0.25, -0.2) is 0 Å². The van der Waals surface area contributed by atoms with Crippen molar-refractivity contribution < 1.29 is 19.2 Å². The molecule has 0 bridgehead atoms. The number of hydrogen-bond acceptors (Lipinski definition) is 10. The van der Waals surface area contributed by atoms with E-state index >= 15 is 0 Å². The molecule has 2 heterocycles. The Morgan fingerprint density at radius 1 is 0.644 bits per heavy atom.